The monoisotopic (exact) mass is 399 g/mol. The molecule has 2 aliphatic rings. The van der Waals surface area contributed by atoms with Gasteiger partial charge in [-0.25, -0.2) is 4.98 Å². The number of rotatable bonds is 4. The molecular weight excluding hydrogens is 370 g/mol. The molecule has 29 heavy (non-hydrogen) atoms. The molecule has 1 aliphatic heterocycles. The van der Waals surface area contributed by atoms with Gasteiger partial charge >= 0.3 is 0 Å². The van der Waals surface area contributed by atoms with Crippen molar-refractivity contribution in [2.24, 2.45) is 0 Å². The third kappa shape index (κ3) is 3.74. The Kier molecular flexibility index (Phi) is 5.31. The molecule has 2 heterocycles. The Morgan fingerprint density at radius 1 is 1.34 bits per heavy atom. The number of aliphatic hydroxyl groups excluding tert-OH is 1. The molecule has 0 unspecified atom stereocenters. The van der Waals surface area contributed by atoms with Gasteiger partial charge in [0.15, 0.2) is 0 Å². The Morgan fingerprint density at radius 3 is 2.86 bits per heavy atom. The van der Waals surface area contributed by atoms with Crippen LogP contribution < -0.4 is 5.32 Å². The van der Waals surface area contributed by atoms with Gasteiger partial charge in [-0.2, -0.15) is 0 Å². The number of hydrogen-bond acceptors (Lipinski definition) is 5. The maximum atomic E-state index is 13.1. The zero-order valence-corrected chi connectivity index (χ0v) is 17.2. The lowest BCUT2D eigenvalue weighted by molar-refractivity contribution is -0.125. The molecule has 2 aromatic rings. The Balaban J connectivity index is 1.49. The highest BCUT2D eigenvalue weighted by atomic mass is 16.3. The summed E-state index contributed by atoms with van der Waals surface area (Å²) in [5, 5.41) is 13.7. The highest BCUT2D eigenvalue weighted by molar-refractivity contribution is 5.97. The quantitative estimate of drug-likeness (QED) is 0.714. The van der Waals surface area contributed by atoms with Gasteiger partial charge < -0.3 is 20.3 Å². The van der Waals surface area contributed by atoms with Crippen molar-refractivity contribution in [3.8, 4) is 0 Å². The fourth-order valence-electron chi connectivity index (χ4n) is 4.49. The van der Waals surface area contributed by atoms with Crippen LogP contribution in [0.5, 0.6) is 0 Å². The number of hydrogen-bond donors (Lipinski definition) is 3. The largest absolute Gasteiger partial charge is 0.389 e. The minimum atomic E-state index is -0.668. The number of likely N-dealkylation sites (N-methyl/N-ethyl adjacent to an activating group) is 1. The summed E-state index contributed by atoms with van der Waals surface area (Å²) in [4.78, 5) is 36.3. The van der Waals surface area contributed by atoms with Crippen LogP contribution in [0.2, 0.25) is 0 Å². The van der Waals surface area contributed by atoms with Crippen molar-refractivity contribution >= 4 is 22.8 Å². The van der Waals surface area contributed by atoms with E-state index in [4.69, 9.17) is 0 Å². The number of piperazine rings is 1. The Bertz CT molecular complexity index is 924. The van der Waals surface area contributed by atoms with Gasteiger partial charge in [0.1, 0.15) is 5.82 Å². The molecule has 0 spiro atoms. The van der Waals surface area contributed by atoms with Crippen LogP contribution in [0, 0.1) is 0 Å². The maximum absolute atomic E-state index is 13.1. The summed E-state index contributed by atoms with van der Waals surface area (Å²) in [6, 6.07) is 5.13. The van der Waals surface area contributed by atoms with E-state index in [1.54, 1.807) is 18.0 Å². The second kappa shape index (κ2) is 7.76. The van der Waals surface area contributed by atoms with Crippen LogP contribution in [0.25, 0.3) is 11.0 Å². The van der Waals surface area contributed by atoms with Gasteiger partial charge in [-0.15, -0.1) is 0 Å². The number of H-pyrrole nitrogens is 1. The molecule has 156 valence electrons. The number of aromatic nitrogens is 2. The molecule has 4 rings (SSSR count). The third-order valence-electron chi connectivity index (χ3n) is 6.20. The number of nitrogens with zero attached hydrogens (tertiary/aromatic N) is 3. The standard InChI is InChI=1S/C21H29N5O3/c1-12(2)20-23-14-5-4-13(10-15(14)24-20)21(29)25(3)16-6-7-17(19(16)28)26-9-8-22-18(27)11-26/h4-5,10,12,16-17,19,28H,6-9,11H2,1-3H3,(H,22,27)(H,23,24)/t16-,17-,19-/m1/s1. The fourth-order valence-corrected chi connectivity index (χ4v) is 4.49. The highest BCUT2D eigenvalue weighted by Crippen LogP contribution is 2.29. The summed E-state index contributed by atoms with van der Waals surface area (Å²) in [7, 11) is 1.75. The smallest absolute Gasteiger partial charge is 0.254 e. The van der Waals surface area contributed by atoms with E-state index in [2.05, 4.69) is 29.1 Å². The first-order valence-corrected chi connectivity index (χ1v) is 10.3. The van der Waals surface area contributed by atoms with Crippen LogP contribution in [0.3, 0.4) is 0 Å². The number of aromatic amines is 1. The molecular formula is C21H29N5O3. The van der Waals surface area contributed by atoms with Crippen molar-refractivity contribution in [1.29, 1.82) is 0 Å². The first kappa shape index (κ1) is 19.8. The highest BCUT2D eigenvalue weighted by Gasteiger charge is 2.42. The number of aliphatic hydroxyl groups is 1. The summed E-state index contributed by atoms with van der Waals surface area (Å²) in [6.45, 7) is 5.78. The van der Waals surface area contributed by atoms with E-state index in [9.17, 15) is 14.7 Å². The van der Waals surface area contributed by atoms with Crippen LogP contribution in [-0.4, -0.2) is 81.6 Å². The maximum Gasteiger partial charge on any atom is 0.254 e. The van der Waals surface area contributed by atoms with E-state index in [-0.39, 0.29) is 29.8 Å². The molecule has 0 bridgehead atoms. The number of imidazole rings is 1. The summed E-state index contributed by atoms with van der Waals surface area (Å²) < 4.78 is 0. The van der Waals surface area contributed by atoms with Gasteiger partial charge in [0, 0.05) is 37.7 Å². The average Bonchev–Trinajstić information content (AvgIpc) is 3.30. The molecule has 8 heteroatoms. The normalized spacial score (nSPS) is 25.6. The molecule has 2 amide bonds. The van der Waals surface area contributed by atoms with Crippen molar-refractivity contribution in [2.45, 2.75) is 50.8 Å². The molecule has 1 aromatic carbocycles. The van der Waals surface area contributed by atoms with Crippen LogP contribution in [0.1, 0.15) is 48.8 Å². The van der Waals surface area contributed by atoms with E-state index in [0.29, 0.717) is 18.7 Å². The van der Waals surface area contributed by atoms with Crippen LogP contribution in [0.15, 0.2) is 18.2 Å². The molecule has 8 nitrogen and oxygen atoms in total. The molecule has 3 atom stereocenters. The predicted octanol–water partition coefficient (Wildman–Crippen LogP) is 1.08. The zero-order chi connectivity index (χ0) is 20.7. The number of carbonyl (C=O) groups is 2. The summed E-state index contributed by atoms with van der Waals surface area (Å²) >= 11 is 0. The lowest BCUT2D eigenvalue weighted by Gasteiger charge is -2.35. The molecule has 1 saturated carbocycles. The van der Waals surface area contributed by atoms with E-state index in [0.717, 1.165) is 36.2 Å². The minimum Gasteiger partial charge on any atom is -0.389 e. The van der Waals surface area contributed by atoms with Crippen molar-refractivity contribution in [1.82, 2.24) is 25.1 Å². The van der Waals surface area contributed by atoms with Gasteiger partial charge in [-0.3, -0.25) is 14.5 Å². The number of nitrogens with one attached hydrogen (secondary N) is 2. The Hall–Kier alpha value is -2.45. The van der Waals surface area contributed by atoms with Crippen molar-refractivity contribution in [3.63, 3.8) is 0 Å². The number of carbonyl (C=O) groups excluding carboxylic acids is 2. The second-order valence-electron chi connectivity index (χ2n) is 8.45. The number of benzene rings is 1. The van der Waals surface area contributed by atoms with E-state index in [1.807, 2.05) is 17.0 Å². The second-order valence-corrected chi connectivity index (χ2v) is 8.45. The molecule has 1 saturated heterocycles. The minimum absolute atomic E-state index is 0.00930. The van der Waals surface area contributed by atoms with Crippen molar-refractivity contribution in [3.05, 3.63) is 29.6 Å². The Morgan fingerprint density at radius 2 is 2.14 bits per heavy atom. The van der Waals surface area contributed by atoms with Crippen molar-refractivity contribution in [2.75, 3.05) is 26.7 Å². The van der Waals surface area contributed by atoms with Crippen LogP contribution in [0.4, 0.5) is 0 Å². The lowest BCUT2D eigenvalue weighted by atomic mass is 10.1. The van der Waals surface area contributed by atoms with Gasteiger partial charge in [0.05, 0.1) is 29.7 Å². The lowest BCUT2D eigenvalue weighted by Crippen LogP contribution is -2.55. The van der Waals surface area contributed by atoms with Gasteiger partial charge in [-0.05, 0) is 31.0 Å². The Labute approximate surface area is 170 Å². The first-order chi connectivity index (χ1) is 13.8. The molecule has 1 aliphatic carbocycles. The fraction of sp³-hybridized carbons (Fsp3) is 0.571. The van der Waals surface area contributed by atoms with Gasteiger partial charge in [-0.1, -0.05) is 13.8 Å². The number of fused-ring (bicyclic) bond motifs is 1. The molecule has 3 N–H and O–H groups in total. The van der Waals surface area contributed by atoms with Gasteiger partial charge in [0.25, 0.3) is 5.91 Å². The van der Waals surface area contributed by atoms with E-state index in [1.165, 1.54) is 0 Å². The number of amides is 2. The third-order valence-corrected chi connectivity index (χ3v) is 6.20. The van der Waals surface area contributed by atoms with E-state index >= 15 is 0 Å². The van der Waals surface area contributed by atoms with Crippen LogP contribution in [-0.2, 0) is 4.79 Å². The molecule has 2 fully saturated rings. The SMILES string of the molecule is CC(C)c1nc2ccc(C(=O)N(C)[C@@H]3CC[C@@H](N4CCNC(=O)C4)[C@@H]3O)cc2[nH]1. The summed E-state index contributed by atoms with van der Waals surface area (Å²) in [5.74, 6) is 1.06. The van der Waals surface area contributed by atoms with Gasteiger partial charge in [0.2, 0.25) is 5.91 Å². The van der Waals surface area contributed by atoms with E-state index < -0.39 is 6.10 Å². The summed E-state index contributed by atoms with van der Waals surface area (Å²) in [5.41, 5.74) is 2.27. The predicted molar refractivity (Wildman–Crippen MR) is 110 cm³/mol. The summed E-state index contributed by atoms with van der Waals surface area (Å²) in [6.07, 6.45) is 0.822. The molecule has 1 aromatic heterocycles. The van der Waals surface area contributed by atoms with Crippen LogP contribution >= 0.6 is 0 Å². The van der Waals surface area contributed by atoms with Crippen molar-refractivity contribution < 1.29 is 14.7 Å². The first-order valence-electron chi connectivity index (χ1n) is 10.3. The topological polar surface area (TPSA) is 102 Å². The molecule has 0 radical (unpaired) electrons. The average molecular weight is 399 g/mol. The zero-order valence-electron chi connectivity index (χ0n) is 17.2.